The smallest absolute Gasteiger partial charge is 0.119 e. The second kappa shape index (κ2) is 8.18. The Morgan fingerprint density at radius 1 is 0.950 bits per heavy atom. The molecule has 0 spiro atoms. The molecular formula is C18H20O2. The van der Waals surface area contributed by atoms with Crippen molar-refractivity contribution in [3.8, 4) is 5.75 Å². The van der Waals surface area contributed by atoms with Crippen molar-refractivity contribution in [1.29, 1.82) is 0 Å². The maximum atomic E-state index is 8.79. The van der Waals surface area contributed by atoms with Crippen LogP contribution in [0.25, 0.3) is 6.08 Å². The number of hydrogen-bond acceptors (Lipinski definition) is 2. The predicted octanol–water partition coefficient (Wildman–Crippen LogP) is 3.70. The Balaban J connectivity index is 1.78. The Morgan fingerprint density at radius 2 is 1.70 bits per heavy atom. The second-order valence-corrected chi connectivity index (χ2v) is 4.60. The number of aryl methyl sites for hydroxylation is 1. The molecule has 2 rings (SSSR count). The minimum atomic E-state index is 0.239. The zero-order valence-electron chi connectivity index (χ0n) is 11.5. The third-order valence-electron chi connectivity index (χ3n) is 3.00. The molecule has 0 aliphatic heterocycles. The summed E-state index contributed by atoms with van der Waals surface area (Å²) in [5.74, 6) is 0.871. The highest BCUT2D eigenvalue weighted by molar-refractivity contribution is 5.48. The third-order valence-corrected chi connectivity index (χ3v) is 3.00. The molecule has 0 aromatic heterocycles. The fraction of sp³-hybridized carbons (Fsp3) is 0.222. The largest absolute Gasteiger partial charge is 0.490 e. The summed E-state index contributed by atoms with van der Waals surface area (Å²) in [6, 6.07) is 18.2. The molecule has 0 aliphatic rings. The van der Waals surface area contributed by atoms with Gasteiger partial charge in [0.25, 0.3) is 0 Å². The molecule has 2 nitrogen and oxygen atoms in total. The average molecular weight is 268 g/mol. The van der Waals surface area contributed by atoms with Gasteiger partial charge in [0.1, 0.15) is 12.4 Å². The van der Waals surface area contributed by atoms with Crippen molar-refractivity contribution in [3.05, 3.63) is 71.8 Å². The van der Waals surface area contributed by atoms with Crippen LogP contribution in [0.1, 0.15) is 17.5 Å². The standard InChI is InChI=1S/C18H20O2/c19-14-4-8-17-10-12-18(13-11-17)20-15-5-9-16-6-2-1-3-7-16/h1-3,5-7,9-13,19H,4,8,14-15H2/b9-5+. The van der Waals surface area contributed by atoms with Crippen molar-refractivity contribution >= 4 is 6.08 Å². The number of aliphatic hydroxyl groups is 1. The van der Waals surface area contributed by atoms with E-state index in [1.54, 1.807) is 0 Å². The highest BCUT2D eigenvalue weighted by Gasteiger charge is 1.95. The quantitative estimate of drug-likeness (QED) is 0.829. The van der Waals surface area contributed by atoms with Crippen LogP contribution < -0.4 is 4.74 Å². The van der Waals surface area contributed by atoms with Crippen molar-refractivity contribution < 1.29 is 9.84 Å². The van der Waals surface area contributed by atoms with Gasteiger partial charge in [0, 0.05) is 6.61 Å². The lowest BCUT2D eigenvalue weighted by Crippen LogP contribution is -1.94. The molecule has 20 heavy (non-hydrogen) atoms. The zero-order valence-corrected chi connectivity index (χ0v) is 11.5. The number of aliphatic hydroxyl groups excluding tert-OH is 1. The van der Waals surface area contributed by atoms with E-state index < -0.39 is 0 Å². The molecule has 104 valence electrons. The van der Waals surface area contributed by atoms with Gasteiger partial charge in [-0.2, -0.15) is 0 Å². The SMILES string of the molecule is OCCCc1ccc(OC/C=C/c2ccccc2)cc1. The number of ether oxygens (including phenoxy) is 1. The zero-order chi connectivity index (χ0) is 14.0. The summed E-state index contributed by atoms with van der Waals surface area (Å²) in [4.78, 5) is 0. The predicted molar refractivity (Wildman–Crippen MR) is 82.8 cm³/mol. The lowest BCUT2D eigenvalue weighted by molar-refractivity contribution is 0.288. The third kappa shape index (κ3) is 4.90. The fourth-order valence-electron chi connectivity index (χ4n) is 1.93. The van der Waals surface area contributed by atoms with Gasteiger partial charge < -0.3 is 9.84 Å². The molecule has 0 aliphatic carbocycles. The fourth-order valence-corrected chi connectivity index (χ4v) is 1.93. The van der Waals surface area contributed by atoms with Crippen molar-refractivity contribution in [2.45, 2.75) is 12.8 Å². The normalized spacial score (nSPS) is 10.8. The Kier molecular flexibility index (Phi) is 5.87. The van der Waals surface area contributed by atoms with E-state index in [1.165, 1.54) is 11.1 Å². The van der Waals surface area contributed by atoms with Crippen LogP contribution in [0.15, 0.2) is 60.7 Å². The van der Waals surface area contributed by atoms with E-state index >= 15 is 0 Å². The van der Waals surface area contributed by atoms with Crippen LogP contribution in [0.4, 0.5) is 0 Å². The molecule has 0 bridgehead atoms. The van der Waals surface area contributed by atoms with Gasteiger partial charge in [-0.25, -0.2) is 0 Å². The van der Waals surface area contributed by atoms with Crippen LogP contribution in [0.2, 0.25) is 0 Å². The molecule has 2 aromatic rings. The van der Waals surface area contributed by atoms with E-state index in [1.807, 2.05) is 48.5 Å². The summed E-state index contributed by atoms with van der Waals surface area (Å²) in [5.41, 5.74) is 2.40. The molecule has 0 saturated carbocycles. The maximum absolute atomic E-state index is 8.79. The second-order valence-electron chi connectivity index (χ2n) is 4.60. The summed E-state index contributed by atoms with van der Waals surface area (Å²) in [6.45, 7) is 0.799. The molecule has 0 atom stereocenters. The molecule has 2 heteroatoms. The van der Waals surface area contributed by atoms with Crippen molar-refractivity contribution in [3.63, 3.8) is 0 Å². The molecule has 1 N–H and O–H groups in total. The monoisotopic (exact) mass is 268 g/mol. The highest BCUT2D eigenvalue weighted by Crippen LogP contribution is 2.13. The van der Waals surface area contributed by atoms with E-state index in [0.29, 0.717) is 6.61 Å². The van der Waals surface area contributed by atoms with Gasteiger partial charge in [-0.15, -0.1) is 0 Å². The van der Waals surface area contributed by atoms with Crippen LogP contribution in [0.3, 0.4) is 0 Å². The summed E-state index contributed by atoms with van der Waals surface area (Å²) in [6.07, 6.45) is 5.77. The molecule has 0 radical (unpaired) electrons. The van der Waals surface area contributed by atoms with Gasteiger partial charge in [0.15, 0.2) is 0 Å². The highest BCUT2D eigenvalue weighted by atomic mass is 16.5. The molecule has 0 saturated heterocycles. The minimum absolute atomic E-state index is 0.239. The van der Waals surface area contributed by atoms with Gasteiger partial charge in [-0.1, -0.05) is 48.5 Å². The Morgan fingerprint density at radius 3 is 2.40 bits per heavy atom. The first-order chi connectivity index (χ1) is 9.88. The van der Waals surface area contributed by atoms with Crippen molar-refractivity contribution in [1.82, 2.24) is 0 Å². The number of hydrogen-bond donors (Lipinski definition) is 1. The lowest BCUT2D eigenvalue weighted by atomic mass is 10.1. The van der Waals surface area contributed by atoms with E-state index in [-0.39, 0.29) is 6.61 Å². The first-order valence-corrected chi connectivity index (χ1v) is 6.92. The average Bonchev–Trinajstić information content (AvgIpc) is 2.52. The van der Waals surface area contributed by atoms with Crippen molar-refractivity contribution in [2.24, 2.45) is 0 Å². The first-order valence-electron chi connectivity index (χ1n) is 6.92. The number of rotatable bonds is 7. The van der Waals surface area contributed by atoms with Crippen LogP contribution >= 0.6 is 0 Å². The Labute approximate surface area is 120 Å². The number of benzene rings is 2. The van der Waals surface area contributed by atoms with Gasteiger partial charge in [0.05, 0.1) is 0 Å². The van der Waals surface area contributed by atoms with E-state index in [2.05, 4.69) is 18.2 Å². The van der Waals surface area contributed by atoms with Gasteiger partial charge in [0.2, 0.25) is 0 Å². The Bertz CT molecular complexity index is 515. The van der Waals surface area contributed by atoms with E-state index in [0.717, 1.165) is 18.6 Å². The molecular weight excluding hydrogens is 248 g/mol. The molecule has 0 heterocycles. The minimum Gasteiger partial charge on any atom is -0.490 e. The lowest BCUT2D eigenvalue weighted by Gasteiger charge is -2.04. The maximum Gasteiger partial charge on any atom is 0.119 e. The summed E-state index contributed by atoms with van der Waals surface area (Å²) in [5, 5.41) is 8.79. The van der Waals surface area contributed by atoms with Gasteiger partial charge in [-0.05, 0) is 42.2 Å². The van der Waals surface area contributed by atoms with Crippen LogP contribution in [-0.4, -0.2) is 18.3 Å². The van der Waals surface area contributed by atoms with E-state index in [4.69, 9.17) is 9.84 Å². The van der Waals surface area contributed by atoms with Crippen LogP contribution in [-0.2, 0) is 6.42 Å². The first kappa shape index (κ1) is 14.4. The summed E-state index contributed by atoms with van der Waals surface area (Å²) >= 11 is 0. The van der Waals surface area contributed by atoms with Crippen LogP contribution in [0.5, 0.6) is 5.75 Å². The van der Waals surface area contributed by atoms with E-state index in [9.17, 15) is 0 Å². The summed E-state index contributed by atoms with van der Waals surface area (Å²) < 4.78 is 5.65. The Hall–Kier alpha value is -2.06. The molecule has 0 fully saturated rings. The molecule has 0 amide bonds. The topological polar surface area (TPSA) is 29.5 Å². The van der Waals surface area contributed by atoms with Crippen molar-refractivity contribution in [2.75, 3.05) is 13.2 Å². The summed E-state index contributed by atoms with van der Waals surface area (Å²) in [7, 11) is 0. The van der Waals surface area contributed by atoms with Gasteiger partial charge >= 0.3 is 0 Å². The molecule has 0 unspecified atom stereocenters. The molecule has 2 aromatic carbocycles. The van der Waals surface area contributed by atoms with Crippen LogP contribution in [0, 0.1) is 0 Å². The van der Waals surface area contributed by atoms with Gasteiger partial charge in [-0.3, -0.25) is 0 Å².